The highest BCUT2D eigenvalue weighted by atomic mass is 16.5. The minimum atomic E-state index is -1.21. The maximum Gasteiger partial charge on any atom is 0.407 e. The molecule has 8 nitrogen and oxygen atoms in total. The fraction of sp³-hybridized carbons (Fsp3) is 0.179. The summed E-state index contributed by atoms with van der Waals surface area (Å²) in [5.41, 5.74) is 11.2. The first-order valence-electron chi connectivity index (χ1n) is 11.6. The zero-order valence-electron chi connectivity index (χ0n) is 19.4. The van der Waals surface area contributed by atoms with Gasteiger partial charge in [-0.25, -0.2) is 9.59 Å². The molecule has 4 aromatic rings. The van der Waals surface area contributed by atoms with Crippen LogP contribution in [-0.2, 0) is 27.3 Å². The Morgan fingerprint density at radius 3 is 2.19 bits per heavy atom. The van der Waals surface area contributed by atoms with E-state index in [1.165, 1.54) is 0 Å². The molecule has 4 N–H and O–H groups in total. The Kier molecular flexibility index (Phi) is 6.16. The Hall–Kier alpha value is -4.59. The Bertz CT molecular complexity index is 1430. The standard InChI is InChI=1S/C28H25N3O5/c29-26(32)15-31-14-17(18-7-5-6-12-25(18)31)13-24(27(33)34)30-28(35)36-16-23-21-10-3-1-8-19(21)20-9-2-4-11-22(20)23/h1-12,14,23-24H,13,15-16H2,(H2,29,32)(H,30,35)(H,33,34)/t24-/m0/s1. The number of amides is 2. The van der Waals surface area contributed by atoms with E-state index in [2.05, 4.69) is 5.32 Å². The summed E-state index contributed by atoms with van der Waals surface area (Å²) >= 11 is 0. The average molecular weight is 484 g/mol. The topological polar surface area (TPSA) is 124 Å². The summed E-state index contributed by atoms with van der Waals surface area (Å²) in [6.45, 7) is 0.0577. The van der Waals surface area contributed by atoms with Crippen molar-refractivity contribution in [3.8, 4) is 11.1 Å². The van der Waals surface area contributed by atoms with E-state index < -0.39 is 24.0 Å². The van der Waals surface area contributed by atoms with Gasteiger partial charge in [-0.3, -0.25) is 4.79 Å². The van der Waals surface area contributed by atoms with Crippen LogP contribution in [0.15, 0.2) is 79.0 Å². The van der Waals surface area contributed by atoms with E-state index in [0.29, 0.717) is 5.56 Å². The largest absolute Gasteiger partial charge is 0.480 e. The van der Waals surface area contributed by atoms with Crippen LogP contribution in [0, 0.1) is 0 Å². The molecule has 2 amide bonds. The number of fused-ring (bicyclic) bond motifs is 4. The van der Waals surface area contributed by atoms with Gasteiger partial charge in [-0.05, 0) is 33.9 Å². The second kappa shape index (κ2) is 9.58. The fourth-order valence-corrected chi connectivity index (χ4v) is 4.99. The number of carboxylic acids is 1. The van der Waals surface area contributed by atoms with Crippen LogP contribution in [0.1, 0.15) is 22.6 Å². The van der Waals surface area contributed by atoms with Crippen molar-refractivity contribution in [2.24, 2.45) is 5.73 Å². The molecule has 8 heteroatoms. The van der Waals surface area contributed by atoms with Gasteiger partial charge in [-0.1, -0.05) is 66.7 Å². The summed E-state index contributed by atoms with van der Waals surface area (Å²) in [5.74, 6) is -1.82. The minimum Gasteiger partial charge on any atom is -0.480 e. The molecule has 1 aromatic heterocycles. The zero-order valence-corrected chi connectivity index (χ0v) is 19.4. The van der Waals surface area contributed by atoms with Crippen molar-refractivity contribution in [3.05, 3.63) is 95.7 Å². The van der Waals surface area contributed by atoms with Gasteiger partial charge in [0.1, 0.15) is 19.2 Å². The molecule has 182 valence electrons. The second-order valence-corrected chi connectivity index (χ2v) is 8.83. The molecule has 0 fully saturated rings. The zero-order chi connectivity index (χ0) is 25.2. The molecule has 0 radical (unpaired) electrons. The predicted octanol–water partition coefficient (Wildman–Crippen LogP) is 3.66. The number of primary amides is 1. The third-order valence-corrected chi connectivity index (χ3v) is 6.56. The number of hydrogen-bond acceptors (Lipinski definition) is 4. The highest BCUT2D eigenvalue weighted by molar-refractivity contribution is 5.87. The van der Waals surface area contributed by atoms with Gasteiger partial charge in [0, 0.05) is 29.4 Å². The number of aromatic nitrogens is 1. The maximum absolute atomic E-state index is 12.7. The lowest BCUT2D eigenvalue weighted by Gasteiger charge is -2.17. The highest BCUT2D eigenvalue weighted by Gasteiger charge is 2.30. The molecule has 1 aliphatic carbocycles. The van der Waals surface area contributed by atoms with Crippen LogP contribution in [-0.4, -0.2) is 40.3 Å². The molecule has 0 bridgehead atoms. The van der Waals surface area contributed by atoms with Crippen LogP contribution in [0.25, 0.3) is 22.0 Å². The molecule has 0 saturated heterocycles. The molecule has 3 aromatic carbocycles. The number of carbonyl (C=O) groups is 3. The number of hydrogen-bond donors (Lipinski definition) is 3. The van der Waals surface area contributed by atoms with Crippen LogP contribution in [0.3, 0.4) is 0 Å². The van der Waals surface area contributed by atoms with Crippen molar-refractivity contribution in [1.82, 2.24) is 9.88 Å². The van der Waals surface area contributed by atoms with Gasteiger partial charge in [0.25, 0.3) is 0 Å². The van der Waals surface area contributed by atoms with Crippen LogP contribution in [0.4, 0.5) is 4.79 Å². The molecule has 5 rings (SSSR count). The fourth-order valence-electron chi connectivity index (χ4n) is 4.99. The molecule has 1 aliphatic rings. The number of alkyl carbamates (subject to hydrolysis) is 1. The van der Waals surface area contributed by atoms with E-state index in [0.717, 1.165) is 33.2 Å². The van der Waals surface area contributed by atoms with Gasteiger partial charge in [0.15, 0.2) is 0 Å². The van der Waals surface area contributed by atoms with E-state index in [1.807, 2.05) is 72.8 Å². The lowest BCUT2D eigenvalue weighted by atomic mass is 9.98. The second-order valence-electron chi connectivity index (χ2n) is 8.83. The lowest BCUT2D eigenvalue weighted by Crippen LogP contribution is -2.42. The smallest absolute Gasteiger partial charge is 0.407 e. The Morgan fingerprint density at radius 2 is 1.56 bits per heavy atom. The van der Waals surface area contributed by atoms with Crippen molar-refractivity contribution in [2.45, 2.75) is 24.9 Å². The summed E-state index contributed by atoms with van der Waals surface area (Å²) in [6, 6.07) is 22.1. The molecular weight excluding hydrogens is 458 g/mol. The van der Waals surface area contributed by atoms with Gasteiger partial charge in [-0.15, -0.1) is 0 Å². The summed E-state index contributed by atoms with van der Waals surface area (Å²) in [4.78, 5) is 36.1. The normalized spacial score (nSPS) is 13.1. The minimum absolute atomic E-state index is 0.0196. The molecule has 1 atom stereocenters. The number of carbonyl (C=O) groups excluding carboxylic acids is 2. The Labute approximate surface area is 207 Å². The Balaban J connectivity index is 1.30. The molecule has 0 unspecified atom stereocenters. The first kappa shape index (κ1) is 23.2. The van der Waals surface area contributed by atoms with Gasteiger partial charge in [-0.2, -0.15) is 0 Å². The number of nitrogens with zero attached hydrogens (tertiary/aromatic N) is 1. The number of benzene rings is 3. The first-order chi connectivity index (χ1) is 17.4. The number of carboxylic acid groups (broad SMARTS) is 1. The SMILES string of the molecule is NC(=O)Cn1cc(C[C@H](NC(=O)OCC2c3ccccc3-c3ccccc32)C(=O)O)c2ccccc21. The predicted molar refractivity (Wildman–Crippen MR) is 134 cm³/mol. The summed E-state index contributed by atoms with van der Waals surface area (Å²) < 4.78 is 7.20. The van der Waals surface area contributed by atoms with Crippen LogP contribution in [0.5, 0.6) is 0 Å². The molecule has 1 heterocycles. The van der Waals surface area contributed by atoms with E-state index in [-0.39, 0.29) is 25.5 Å². The molecule has 0 spiro atoms. The van der Waals surface area contributed by atoms with E-state index in [4.69, 9.17) is 10.5 Å². The van der Waals surface area contributed by atoms with Gasteiger partial charge in [0.2, 0.25) is 5.91 Å². The summed E-state index contributed by atoms with van der Waals surface area (Å²) in [7, 11) is 0. The quantitative estimate of drug-likeness (QED) is 0.353. The average Bonchev–Trinajstić information content (AvgIpc) is 3.37. The van der Waals surface area contributed by atoms with Crippen molar-refractivity contribution < 1.29 is 24.2 Å². The maximum atomic E-state index is 12.7. The van der Waals surface area contributed by atoms with Crippen LogP contribution in [0.2, 0.25) is 0 Å². The number of para-hydroxylation sites is 1. The van der Waals surface area contributed by atoms with Crippen molar-refractivity contribution in [3.63, 3.8) is 0 Å². The lowest BCUT2D eigenvalue weighted by molar-refractivity contribution is -0.139. The molecule has 0 aliphatic heterocycles. The van der Waals surface area contributed by atoms with Gasteiger partial charge < -0.3 is 25.5 Å². The number of nitrogens with one attached hydrogen (secondary N) is 1. The molecular formula is C28H25N3O5. The number of nitrogens with two attached hydrogens (primary N) is 1. The highest BCUT2D eigenvalue weighted by Crippen LogP contribution is 2.44. The van der Waals surface area contributed by atoms with E-state index >= 15 is 0 Å². The van der Waals surface area contributed by atoms with Crippen LogP contribution >= 0.6 is 0 Å². The van der Waals surface area contributed by atoms with Crippen molar-refractivity contribution in [2.75, 3.05) is 6.61 Å². The van der Waals surface area contributed by atoms with Crippen LogP contribution < -0.4 is 11.1 Å². The van der Waals surface area contributed by atoms with Crippen molar-refractivity contribution >= 4 is 28.9 Å². The number of aliphatic carboxylic acids is 1. The van der Waals surface area contributed by atoms with Gasteiger partial charge in [0.05, 0.1) is 0 Å². The number of ether oxygens (including phenoxy) is 1. The molecule has 0 saturated carbocycles. The third-order valence-electron chi connectivity index (χ3n) is 6.56. The summed E-state index contributed by atoms with van der Waals surface area (Å²) in [5, 5.41) is 13.1. The number of rotatable bonds is 8. The van der Waals surface area contributed by atoms with E-state index in [1.54, 1.807) is 10.8 Å². The monoisotopic (exact) mass is 483 g/mol. The Morgan fingerprint density at radius 1 is 0.944 bits per heavy atom. The van der Waals surface area contributed by atoms with Gasteiger partial charge >= 0.3 is 12.1 Å². The summed E-state index contributed by atoms with van der Waals surface area (Å²) in [6.07, 6.45) is 0.918. The first-order valence-corrected chi connectivity index (χ1v) is 11.6. The molecule has 36 heavy (non-hydrogen) atoms. The third kappa shape index (κ3) is 4.40. The van der Waals surface area contributed by atoms with E-state index in [9.17, 15) is 19.5 Å². The van der Waals surface area contributed by atoms with Crippen molar-refractivity contribution in [1.29, 1.82) is 0 Å².